The number of hydrogen-bond donors (Lipinski definition) is 1. The lowest BCUT2D eigenvalue weighted by Crippen LogP contribution is -2.58. The lowest BCUT2D eigenvalue weighted by molar-refractivity contribution is 0.0437. The van der Waals surface area contributed by atoms with Crippen molar-refractivity contribution in [2.24, 2.45) is 7.05 Å². The predicted octanol–water partition coefficient (Wildman–Crippen LogP) is 7.37. The Morgan fingerprint density at radius 2 is 1.84 bits per heavy atom. The van der Waals surface area contributed by atoms with Crippen molar-refractivity contribution in [1.82, 2.24) is 29.6 Å². The van der Waals surface area contributed by atoms with Crippen LogP contribution in [-0.2, 0) is 23.3 Å². The van der Waals surface area contributed by atoms with Gasteiger partial charge in [0.15, 0.2) is 5.65 Å². The second-order valence-electron chi connectivity index (χ2n) is 15.3. The molecule has 0 aliphatic carbocycles. The number of carbonyl (C=O) groups is 1. The molecule has 0 spiro atoms. The Labute approximate surface area is 271 Å². The molecule has 2 aliphatic rings. The highest BCUT2D eigenvalue weighted by atomic mass is 35.5. The summed E-state index contributed by atoms with van der Waals surface area (Å²) in [6.45, 7) is 16.0. The predicted molar refractivity (Wildman–Crippen MR) is 183 cm³/mol. The van der Waals surface area contributed by atoms with Crippen LogP contribution in [0.5, 0.6) is 0 Å². The van der Waals surface area contributed by atoms with Gasteiger partial charge in [0.1, 0.15) is 23.7 Å². The van der Waals surface area contributed by atoms with Gasteiger partial charge in [-0.25, -0.2) is 14.8 Å². The Morgan fingerprint density at radius 3 is 2.51 bits per heavy atom. The number of nitrogens with zero attached hydrogens (tertiary/aromatic N) is 6. The molecule has 4 aromatic rings. The van der Waals surface area contributed by atoms with Gasteiger partial charge in [-0.2, -0.15) is 5.10 Å². The van der Waals surface area contributed by atoms with E-state index < -0.39 is 13.7 Å². The Hall–Kier alpha value is -3.15. The van der Waals surface area contributed by atoms with Crippen molar-refractivity contribution in [3.05, 3.63) is 35.7 Å². The fourth-order valence-corrected chi connectivity index (χ4v) is 7.96. The number of anilines is 1. The van der Waals surface area contributed by atoms with E-state index in [1.807, 2.05) is 52.3 Å². The van der Waals surface area contributed by atoms with Crippen molar-refractivity contribution >= 4 is 53.7 Å². The zero-order valence-electron chi connectivity index (χ0n) is 27.8. The van der Waals surface area contributed by atoms with E-state index >= 15 is 0 Å². The fraction of sp³-hybridized carbons (Fsp3) is 0.576. The number of hydrogen-bond acceptors (Lipinski definition) is 7. The van der Waals surface area contributed by atoms with Crippen LogP contribution in [0.3, 0.4) is 0 Å². The van der Waals surface area contributed by atoms with Crippen molar-refractivity contribution in [2.75, 3.05) is 11.5 Å². The summed E-state index contributed by atoms with van der Waals surface area (Å²) in [4.78, 5) is 25.4. The van der Waals surface area contributed by atoms with Crippen LogP contribution in [0.25, 0.3) is 33.2 Å². The van der Waals surface area contributed by atoms with Crippen LogP contribution in [0, 0.1) is 0 Å². The number of alkyl carbamates (subject to hydrolysis) is 1. The summed E-state index contributed by atoms with van der Waals surface area (Å²) in [5.74, 6) is 0.858. The molecule has 242 valence electrons. The summed E-state index contributed by atoms with van der Waals surface area (Å²) in [5, 5.41) is 9.25. The minimum absolute atomic E-state index is 0.244. The Balaban J connectivity index is 1.32. The number of benzene rings is 1. The molecule has 2 bridgehead atoms. The molecule has 12 heteroatoms. The summed E-state index contributed by atoms with van der Waals surface area (Å²) in [5.41, 5.74) is 3.35. The maximum Gasteiger partial charge on any atom is 0.408 e. The Bertz CT molecular complexity index is 1720. The molecule has 2 unspecified atom stereocenters. The average molecular weight is 652 g/mol. The largest absolute Gasteiger partial charge is 0.444 e. The van der Waals surface area contributed by atoms with Gasteiger partial charge in [0, 0.05) is 68.3 Å². The molecule has 10 nitrogen and oxygen atoms in total. The van der Waals surface area contributed by atoms with Gasteiger partial charge in [-0.15, -0.1) is 0 Å². The van der Waals surface area contributed by atoms with Gasteiger partial charge in [0.05, 0.1) is 16.7 Å². The van der Waals surface area contributed by atoms with Gasteiger partial charge >= 0.3 is 6.09 Å². The SMILES string of the molecule is Cn1cc2c(Cl)c(-c3cn(COCC[Si](C)(C)C)c4nc(N5C6CCC5CC(C)(NC(=O)OC(C)(C)C)C6)cnc34)ccc2n1. The molecule has 1 aromatic carbocycles. The molecule has 6 rings (SSSR count). The zero-order valence-corrected chi connectivity index (χ0v) is 29.5. The first-order valence-corrected chi connectivity index (χ1v) is 20.0. The number of aryl methyl sites for hydroxylation is 1. The zero-order chi connectivity index (χ0) is 32.3. The minimum Gasteiger partial charge on any atom is -0.444 e. The van der Waals surface area contributed by atoms with Crippen LogP contribution in [0.15, 0.2) is 30.7 Å². The highest BCUT2D eigenvalue weighted by Crippen LogP contribution is 2.44. The third-order valence-electron chi connectivity index (χ3n) is 8.87. The van der Waals surface area contributed by atoms with Crippen molar-refractivity contribution < 1.29 is 14.3 Å². The Kier molecular flexibility index (Phi) is 8.18. The van der Waals surface area contributed by atoms with Gasteiger partial charge in [-0.3, -0.25) is 4.68 Å². The quantitative estimate of drug-likeness (QED) is 0.157. The second-order valence-corrected chi connectivity index (χ2v) is 21.3. The number of carbonyl (C=O) groups excluding carboxylic acids is 1. The number of nitrogens with one attached hydrogen (secondary N) is 1. The molecule has 2 atom stereocenters. The maximum atomic E-state index is 12.7. The van der Waals surface area contributed by atoms with E-state index in [0.29, 0.717) is 18.4 Å². The number of fused-ring (bicyclic) bond motifs is 4. The van der Waals surface area contributed by atoms with Crippen LogP contribution in [0.2, 0.25) is 30.7 Å². The molecule has 1 amide bonds. The smallest absolute Gasteiger partial charge is 0.408 e. The first-order chi connectivity index (χ1) is 21.1. The van der Waals surface area contributed by atoms with Crippen molar-refractivity contribution in [1.29, 1.82) is 0 Å². The molecule has 2 saturated heterocycles. The summed E-state index contributed by atoms with van der Waals surface area (Å²) in [6.07, 6.45) is 9.27. The van der Waals surface area contributed by atoms with Crippen molar-refractivity contribution in [3.63, 3.8) is 0 Å². The summed E-state index contributed by atoms with van der Waals surface area (Å²) >= 11 is 6.99. The topological polar surface area (TPSA) is 99.3 Å². The number of aromatic nitrogens is 5. The van der Waals surface area contributed by atoms with Gasteiger partial charge in [-0.05, 0) is 65.5 Å². The molecule has 5 heterocycles. The lowest BCUT2D eigenvalue weighted by atomic mass is 9.84. The third-order valence-corrected chi connectivity index (χ3v) is 11.0. The highest BCUT2D eigenvalue weighted by molar-refractivity contribution is 6.76. The molecule has 1 N–H and O–H groups in total. The number of halogens is 1. The molecule has 0 saturated carbocycles. The van der Waals surface area contributed by atoms with Crippen LogP contribution < -0.4 is 10.2 Å². The first kappa shape index (κ1) is 31.8. The van der Waals surface area contributed by atoms with Crippen LogP contribution in [0.1, 0.15) is 53.4 Å². The Morgan fingerprint density at radius 1 is 1.13 bits per heavy atom. The molecule has 2 fully saturated rings. The van der Waals surface area contributed by atoms with E-state index in [1.54, 1.807) is 4.68 Å². The monoisotopic (exact) mass is 651 g/mol. The van der Waals surface area contributed by atoms with Crippen LogP contribution >= 0.6 is 11.6 Å². The average Bonchev–Trinajstić information content (AvgIpc) is 3.56. The van der Waals surface area contributed by atoms with E-state index in [2.05, 4.69) is 52.6 Å². The van der Waals surface area contributed by atoms with Crippen LogP contribution in [-0.4, -0.2) is 68.3 Å². The molecule has 2 aliphatic heterocycles. The molecule has 3 aromatic heterocycles. The second kappa shape index (κ2) is 11.6. The molecular weight excluding hydrogens is 606 g/mol. The molecular formula is C33H46ClN7O3Si. The lowest BCUT2D eigenvalue weighted by Gasteiger charge is -2.45. The van der Waals surface area contributed by atoms with Gasteiger partial charge in [0.2, 0.25) is 0 Å². The number of rotatable bonds is 8. The fourth-order valence-electron chi connectivity index (χ4n) is 6.90. The minimum atomic E-state index is -1.23. The standard InChI is InChI=1S/C33H46ClN7O3Si/c1-32(2,3)44-31(42)37-33(4)15-21-9-10-22(16-33)41(21)27-17-35-29-24(23-11-12-26-25(28(23)34)18-39(5)38-26)19-40(30(29)36-27)20-43-13-14-45(6,7)8/h11-12,17-19,21-22H,9-10,13-16,20H2,1-8H3,(H,37,42). The first-order valence-electron chi connectivity index (χ1n) is 15.9. The number of piperidine rings is 1. The number of amides is 1. The maximum absolute atomic E-state index is 12.7. The summed E-state index contributed by atoms with van der Waals surface area (Å²) < 4.78 is 15.6. The van der Waals surface area contributed by atoms with Crippen molar-refractivity contribution in [2.45, 2.75) is 109 Å². The van der Waals surface area contributed by atoms with E-state index in [-0.39, 0.29) is 23.7 Å². The molecule has 0 radical (unpaired) electrons. The van der Waals surface area contributed by atoms with Gasteiger partial charge < -0.3 is 24.3 Å². The normalized spacial score (nSPS) is 22.0. The third kappa shape index (κ3) is 6.71. The highest BCUT2D eigenvalue weighted by Gasteiger charge is 2.48. The summed E-state index contributed by atoms with van der Waals surface area (Å²) in [6, 6.07) is 5.59. The van der Waals surface area contributed by atoms with E-state index in [9.17, 15) is 4.79 Å². The van der Waals surface area contributed by atoms with E-state index in [4.69, 9.17) is 31.0 Å². The summed E-state index contributed by atoms with van der Waals surface area (Å²) in [7, 11) is 0.669. The van der Waals surface area contributed by atoms with Crippen LogP contribution in [0.4, 0.5) is 10.6 Å². The van der Waals surface area contributed by atoms with Gasteiger partial charge in [-0.1, -0.05) is 37.3 Å². The molecule has 45 heavy (non-hydrogen) atoms. The van der Waals surface area contributed by atoms with Gasteiger partial charge in [0.25, 0.3) is 0 Å². The van der Waals surface area contributed by atoms with E-state index in [0.717, 1.165) is 70.7 Å². The van der Waals surface area contributed by atoms with Crippen molar-refractivity contribution in [3.8, 4) is 11.1 Å². The number of ether oxygens (including phenoxy) is 2. The van der Waals surface area contributed by atoms with E-state index in [1.165, 1.54) is 0 Å².